The smallest absolute Gasteiger partial charge is 0.190 e. The Bertz CT molecular complexity index is 662. The van der Waals surface area contributed by atoms with Gasteiger partial charge in [-0.3, -0.25) is 0 Å². The van der Waals surface area contributed by atoms with Crippen molar-refractivity contribution in [3.8, 4) is 0 Å². The maximum absolute atomic E-state index is 13.4. The Labute approximate surface area is 107 Å². The minimum Gasteiger partial charge on any atom is -0.456 e. The zero-order chi connectivity index (χ0) is 13.8. The fourth-order valence-corrected chi connectivity index (χ4v) is 1.32. The van der Waals surface area contributed by atoms with Crippen LogP contribution in [0.4, 0.5) is 20.4 Å². The Morgan fingerprint density at radius 2 is 1.84 bits per heavy atom. The number of rotatable bonds is 4. The molecule has 0 bridgehead atoms. The second-order valence-corrected chi connectivity index (χ2v) is 3.46. The van der Waals surface area contributed by atoms with Crippen LogP contribution in [-0.2, 0) is 0 Å². The lowest BCUT2D eigenvalue weighted by Crippen LogP contribution is -1.88. The second-order valence-electron chi connectivity index (χ2n) is 3.46. The number of furan rings is 1. The van der Waals surface area contributed by atoms with E-state index in [4.69, 9.17) is 4.42 Å². The molecule has 0 fully saturated rings. The molecule has 0 aliphatic heterocycles. The van der Waals surface area contributed by atoms with Gasteiger partial charge in [-0.05, 0) is 24.9 Å². The maximum atomic E-state index is 13.4. The third kappa shape index (κ3) is 2.79. The zero-order valence-corrected chi connectivity index (χ0v) is 9.81. The lowest BCUT2D eigenvalue weighted by Gasteiger charge is -1.98. The van der Waals surface area contributed by atoms with Gasteiger partial charge < -0.3 is 4.42 Å². The van der Waals surface area contributed by atoms with Crippen molar-refractivity contribution in [1.82, 2.24) is 4.98 Å². The summed E-state index contributed by atoms with van der Waals surface area (Å²) in [6.07, 6.45) is 2.79. The summed E-state index contributed by atoms with van der Waals surface area (Å²) in [6, 6.07) is 3.97. The van der Waals surface area contributed by atoms with Gasteiger partial charge in [0.25, 0.3) is 0 Å². The van der Waals surface area contributed by atoms with Gasteiger partial charge in [-0.2, -0.15) is 0 Å². The highest BCUT2D eigenvalue weighted by Crippen LogP contribution is 2.22. The maximum Gasteiger partial charge on any atom is 0.190 e. The summed E-state index contributed by atoms with van der Waals surface area (Å²) >= 11 is 0. The molecule has 0 saturated heterocycles. The minimum absolute atomic E-state index is 0.291. The van der Waals surface area contributed by atoms with Gasteiger partial charge in [0.2, 0.25) is 0 Å². The molecule has 0 spiro atoms. The molecule has 96 valence electrons. The average Bonchev–Trinajstić information content (AvgIpc) is 2.86. The van der Waals surface area contributed by atoms with Crippen molar-refractivity contribution in [2.75, 3.05) is 0 Å². The number of aromatic nitrogens is 1. The van der Waals surface area contributed by atoms with Crippen LogP contribution in [0.3, 0.4) is 0 Å². The van der Waals surface area contributed by atoms with Gasteiger partial charge >= 0.3 is 0 Å². The van der Waals surface area contributed by atoms with Crippen molar-refractivity contribution in [3.05, 3.63) is 47.9 Å². The summed E-state index contributed by atoms with van der Waals surface area (Å²) in [7, 11) is 0. The molecule has 2 aromatic rings. The Hall–Kier alpha value is -2.63. The van der Waals surface area contributed by atoms with Crippen LogP contribution in [0.1, 0.15) is 11.5 Å². The second kappa shape index (κ2) is 5.34. The predicted molar refractivity (Wildman–Crippen MR) is 69.4 cm³/mol. The molecule has 0 atom stereocenters. The number of aliphatic imine (C=N–C) groups is 2. The van der Waals surface area contributed by atoms with Gasteiger partial charge in [0.15, 0.2) is 23.3 Å². The first kappa shape index (κ1) is 12.8. The minimum atomic E-state index is -0.892. The number of hydrogen-bond acceptors (Lipinski definition) is 4. The van der Waals surface area contributed by atoms with Crippen molar-refractivity contribution in [3.63, 3.8) is 0 Å². The van der Waals surface area contributed by atoms with Gasteiger partial charge in [-0.25, -0.2) is 23.7 Å². The number of halogens is 2. The first-order chi connectivity index (χ1) is 9.13. The summed E-state index contributed by atoms with van der Waals surface area (Å²) in [6.45, 7) is 6.68. The molecule has 0 unspecified atom stereocenters. The molecule has 0 amide bonds. The lowest BCUT2D eigenvalue weighted by molar-refractivity contribution is 0.550. The lowest BCUT2D eigenvalue weighted by atomic mass is 10.4. The van der Waals surface area contributed by atoms with Gasteiger partial charge in [0.05, 0.1) is 6.21 Å². The molecule has 0 radical (unpaired) electrons. The van der Waals surface area contributed by atoms with E-state index in [0.717, 1.165) is 0 Å². The molecule has 0 saturated carbocycles. The van der Waals surface area contributed by atoms with E-state index in [1.54, 1.807) is 12.1 Å². The molecule has 2 heterocycles. The molecule has 2 aromatic heterocycles. The molecule has 4 nitrogen and oxygen atoms in total. The molecule has 0 aliphatic carbocycles. The van der Waals surface area contributed by atoms with Crippen LogP contribution >= 0.6 is 0 Å². The molecule has 0 aliphatic rings. The van der Waals surface area contributed by atoms with Gasteiger partial charge in [0, 0.05) is 6.07 Å². The molecular weight excluding hydrogens is 252 g/mol. The molecule has 0 N–H and O–H groups in total. The average molecular weight is 261 g/mol. The van der Waals surface area contributed by atoms with Crippen LogP contribution in [-0.4, -0.2) is 17.9 Å². The van der Waals surface area contributed by atoms with E-state index in [-0.39, 0.29) is 11.6 Å². The summed E-state index contributed by atoms with van der Waals surface area (Å²) in [5.41, 5.74) is 0. The number of nitrogens with zero attached hydrogens (tertiary/aromatic N) is 3. The van der Waals surface area contributed by atoms with Crippen LogP contribution < -0.4 is 0 Å². The van der Waals surface area contributed by atoms with E-state index in [1.165, 1.54) is 12.3 Å². The fourth-order valence-electron chi connectivity index (χ4n) is 1.32. The summed E-state index contributed by atoms with van der Waals surface area (Å²) in [5.74, 6) is -1.42. The highest BCUT2D eigenvalue weighted by atomic mass is 19.1. The number of hydrogen-bond donors (Lipinski definition) is 0. The predicted octanol–water partition coefficient (Wildman–Crippen LogP) is 3.68. The Morgan fingerprint density at radius 3 is 2.47 bits per heavy atom. The van der Waals surface area contributed by atoms with Gasteiger partial charge in [-0.1, -0.05) is 6.58 Å². The first-order valence-corrected chi connectivity index (χ1v) is 5.23. The molecular formula is C13H9F2N3O. The van der Waals surface area contributed by atoms with E-state index in [9.17, 15) is 8.78 Å². The highest BCUT2D eigenvalue weighted by Gasteiger charge is 2.09. The van der Waals surface area contributed by atoms with Crippen LogP contribution in [0.2, 0.25) is 0 Å². The van der Waals surface area contributed by atoms with Crippen LogP contribution in [0, 0.1) is 11.6 Å². The van der Waals surface area contributed by atoms with Gasteiger partial charge in [-0.15, -0.1) is 0 Å². The monoisotopic (exact) mass is 261 g/mol. The highest BCUT2D eigenvalue weighted by molar-refractivity contribution is 5.78. The largest absolute Gasteiger partial charge is 0.456 e. The van der Waals surface area contributed by atoms with E-state index >= 15 is 0 Å². The molecule has 19 heavy (non-hydrogen) atoms. The van der Waals surface area contributed by atoms with E-state index in [2.05, 4.69) is 28.3 Å². The van der Waals surface area contributed by atoms with E-state index < -0.39 is 11.6 Å². The van der Waals surface area contributed by atoms with Crippen LogP contribution in [0.5, 0.6) is 0 Å². The zero-order valence-electron chi connectivity index (χ0n) is 9.81. The van der Waals surface area contributed by atoms with Crippen molar-refractivity contribution in [2.45, 2.75) is 0 Å². The third-order valence-electron chi connectivity index (χ3n) is 2.21. The Balaban J connectivity index is 2.32. The summed E-state index contributed by atoms with van der Waals surface area (Å²) in [4.78, 5) is 10.7. The molecule has 2 rings (SSSR count). The van der Waals surface area contributed by atoms with Gasteiger partial charge in [0.1, 0.15) is 11.5 Å². The van der Waals surface area contributed by atoms with E-state index in [1.807, 2.05) is 0 Å². The van der Waals surface area contributed by atoms with Crippen molar-refractivity contribution >= 4 is 30.6 Å². The Morgan fingerprint density at radius 1 is 1.16 bits per heavy atom. The molecule has 0 aromatic carbocycles. The van der Waals surface area contributed by atoms with Crippen molar-refractivity contribution in [1.29, 1.82) is 0 Å². The Kier molecular flexibility index (Phi) is 3.61. The van der Waals surface area contributed by atoms with Crippen LogP contribution in [0.15, 0.2) is 39.2 Å². The number of pyridine rings is 1. The standard InChI is InChI=1S/C13H9F2N3O/c1-3-8-4-5-9(19-8)7-17-13-11(15)6-10(14)12(16-2)18-13/h3-7H,1-2H2. The third-order valence-corrected chi connectivity index (χ3v) is 2.21. The summed E-state index contributed by atoms with van der Waals surface area (Å²) in [5, 5.41) is 0. The SMILES string of the molecule is C=Cc1ccc(C=Nc2nc(N=C)c(F)cc2F)o1. The van der Waals surface area contributed by atoms with Crippen molar-refractivity contribution < 1.29 is 13.2 Å². The first-order valence-electron chi connectivity index (χ1n) is 5.23. The summed E-state index contributed by atoms with van der Waals surface area (Å²) < 4.78 is 31.8. The van der Waals surface area contributed by atoms with E-state index in [0.29, 0.717) is 17.6 Å². The molecule has 6 heteroatoms. The topological polar surface area (TPSA) is 50.8 Å². The van der Waals surface area contributed by atoms with Crippen molar-refractivity contribution in [2.24, 2.45) is 9.98 Å². The van der Waals surface area contributed by atoms with Crippen LogP contribution in [0.25, 0.3) is 6.08 Å². The normalized spacial score (nSPS) is 10.8. The quantitative estimate of drug-likeness (QED) is 0.788. The fraction of sp³-hybridized carbons (Fsp3) is 0.